The number of nitrogens with zero attached hydrogens (tertiary/aromatic N) is 16. The van der Waals surface area contributed by atoms with Crippen LogP contribution in [0.4, 0.5) is 19.2 Å². The lowest BCUT2D eigenvalue weighted by molar-refractivity contribution is -0.191. The largest absolute Gasteiger partial charge is 0.493 e. The first-order chi connectivity index (χ1) is 63.4. The summed E-state index contributed by atoms with van der Waals surface area (Å²) in [5.41, 5.74) is 11.6. The van der Waals surface area contributed by atoms with Crippen molar-refractivity contribution in [1.82, 2.24) is 79.6 Å². The second-order valence-corrected chi connectivity index (χ2v) is 30.7. The van der Waals surface area contributed by atoms with E-state index in [4.69, 9.17) is 62.1 Å². The number of hydrogen-bond acceptors (Lipinski definition) is 26. The molecule has 0 bridgehead atoms. The number of benzene rings is 7. The Kier molecular flexibility index (Phi) is 39.2. The summed E-state index contributed by atoms with van der Waals surface area (Å²) in [7, 11) is 12.0. The third-order valence-corrected chi connectivity index (χ3v) is 21.1. The number of carbonyl (C=O) groups excluding carboxylic acids is 6. The quantitative estimate of drug-likeness (QED) is 0.0206. The van der Waals surface area contributed by atoms with Gasteiger partial charge in [-0.15, -0.1) is 20.4 Å². The number of cyclic esters (lactones) is 1. The number of carboxylic acid groups (broad SMARTS) is 3. The third-order valence-electron chi connectivity index (χ3n) is 21.1. The number of aromatic nitrogens is 12. The topological polar surface area (TPSA) is 437 Å². The van der Waals surface area contributed by atoms with Gasteiger partial charge in [-0.05, 0) is 152 Å². The maximum absolute atomic E-state index is 12.5. The highest BCUT2D eigenvalue weighted by Gasteiger charge is 2.37. The van der Waals surface area contributed by atoms with Gasteiger partial charge < -0.3 is 72.3 Å². The zero-order valence-corrected chi connectivity index (χ0v) is 76.4. The molecule has 39 heteroatoms. The van der Waals surface area contributed by atoms with Gasteiger partial charge in [0.1, 0.15) is 83.0 Å². The van der Waals surface area contributed by atoms with Crippen molar-refractivity contribution in [2.24, 2.45) is 34.1 Å². The maximum Gasteiger partial charge on any atom is 0.410 e. The zero-order chi connectivity index (χ0) is 93.1. The number of aliphatic carboxylic acids is 3. The summed E-state index contributed by atoms with van der Waals surface area (Å²) in [6.45, 7) is 2.39. The van der Waals surface area contributed by atoms with Crippen LogP contribution in [0.1, 0.15) is 115 Å². The lowest BCUT2D eigenvalue weighted by atomic mass is 9.87. The fourth-order valence-electron chi connectivity index (χ4n) is 14.3. The Balaban J connectivity index is 0.000000196. The van der Waals surface area contributed by atoms with Gasteiger partial charge in [0.05, 0.1) is 43.9 Å². The predicted molar refractivity (Wildman–Crippen MR) is 491 cm³/mol. The number of rotatable bonds is 31. The standard InChI is InChI=1S/C25H28N4O3.C24H28N4O6.C22H24N4O5.C22H22N4O5.CO2.2H2S/c1-28-24(22-17-29(25(30)32-22)16-18-8-4-2-5-9-18)23(26-27-28)19-12-14-21(15-13-19)31-20-10-6-3-7-11-20;1-27(14-16-7-4-3-5-8-16)24(31)32-15-19-22(25-26-28(19)2)20-11-12-21(34-20)33-18-10-6-9-17(13-18)23(29)30;2*1-25(14-16-6-4-3-5-7-16)22(29)31-15-19-21(23-24-26(19)2)17-8-10-18(11-9-17)30-13-12-20(27)28;2-1-3;;/h2,4-5,8-9,12-15,20,22H,3,6-7,10-11,16-17H2,1H3;3-5,7-8,11-12,17-18H,6,9-10,13-15H2,1-2H3,(H,29,30);3-11H,12-15H2,1-2H3,(H,27,28);3-13H,14-15H2,1-2H3,(H,27,28);;2*1H2/b;;;13-12+;;;/t;17-,18-;;;;;/m.0...../s1. The molecule has 0 radical (unpaired) electrons. The lowest BCUT2D eigenvalue weighted by Gasteiger charge is -2.26. The van der Waals surface area contributed by atoms with E-state index in [1.807, 2.05) is 153 Å². The van der Waals surface area contributed by atoms with E-state index >= 15 is 0 Å². The first-order valence-electron chi connectivity index (χ1n) is 42.0. The Hall–Kier alpha value is -15.1. The molecule has 0 spiro atoms. The normalized spacial score (nSPS) is 14.2. The van der Waals surface area contributed by atoms with E-state index in [1.54, 1.807) is 122 Å². The highest BCUT2D eigenvalue weighted by Crippen LogP contribution is 2.37. The van der Waals surface area contributed by atoms with Crippen LogP contribution >= 0.6 is 27.0 Å². The van der Waals surface area contributed by atoms with Crippen LogP contribution in [-0.2, 0) is 117 Å². The molecule has 3 atom stereocenters. The van der Waals surface area contributed by atoms with Gasteiger partial charge in [0, 0.05) is 98.3 Å². The average Bonchev–Trinajstić information content (AvgIpc) is 1.64. The SMILES string of the molecule is CN(Cc1ccccc1)C(=O)OCc1c(-c2ccc(O/C=C/C(=O)O)cc2)nnn1C.CN(Cc1ccccc1)C(=O)OCc1c(-c2ccc(OCCC(=O)O)cc2)nnn1C.CN(Cc1ccccc1)C(=O)OCc1c(-c2ccc(O[C@H]3CCC[C@H](C(=O)O)C3)o2)nnn1C.Cn1nnc(-c2ccc(OC3CCCCC3)cc2)c1C1CN(Cc2ccccc2)C(=O)O1.O=C=O.S.S. The summed E-state index contributed by atoms with van der Waals surface area (Å²) in [5.74, 6) is -0.553. The van der Waals surface area contributed by atoms with Crippen molar-refractivity contribution in [3.8, 4) is 68.4 Å². The number of amides is 4. The molecule has 4 amide bonds. The van der Waals surface area contributed by atoms with Crippen LogP contribution in [-0.4, -0.2) is 190 Å². The average molecular weight is 1860 g/mol. The van der Waals surface area contributed by atoms with Gasteiger partial charge in [0.25, 0.3) is 5.95 Å². The molecule has 37 nitrogen and oxygen atoms in total. The van der Waals surface area contributed by atoms with Crippen molar-refractivity contribution in [3.63, 3.8) is 0 Å². The summed E-state index contributed by atoms with van der Waals surface area (Å²) in [6.07, 6.45) is 8.93. The van der Waals surface area contributed by atoms with Crippen molar-refractivity contribution < 1.29 is 101 Å². The molecular formula is C94H106N16O21S2. The van der Waals surface area contributed by atoms with Gasteiger partial charge in [0.15, 0.2) is 17.6 Å². The van der Waals surface area contributed by atoms with Crippen molar-refractivity contribution in [3.05, 3.63) is 264 Å². The van der Waals surface area contributed by atoms with Gasteiger partial charge >= 0.3 is 48.4 Å². The van der Waals surface area contributed by atoms with Gasteiger partial charge in [-0.25, -0.2) is 42.7 Å². The summed E-state index contributed by atoms with van der Waals surface area (Å²) in [5, 5.41) is 59.7. The van der Waals surface area contributed by atoms with E-state index in [1.165, 1.54) is 38.6 Å². The van der Waals surface area contributed by atoms with E-state index < -0.39 is 48.2 Å². The number of hydrogen-bond donors (Lipinski definition) is 3. The summed E-state index contributed by atoms with van der Waals surface area (Å²) >= 11 is 0. The third kappa shape index (κ3) is 30.5. The number of ether oxygens (including phenoxy) is 8. The predicted octanol–water partition coefficient (Wildman–Crippen LogP) is 14.7. The summed E-state index contributed by atoms with van der Waals surface area (Å²) in [4.78, 5) is 105. The van der Waals surface area contributed by atoms with Crippen molar-refractivity contribution in [2.75, 3.05) is 34.3 Å². The van der Waals surface area contributed by atoms with Gasteiger partial charge in [-0.3, -0.25) is 14.5 Å². The Labute approximate surface area is 780 Å². The van der Waals surface area contributed by atoms with Crippen molar-refractivity contribution in [1.29, 1.82) is 0 Å². The minimum absolute atomic E-state index is 0. The Morgan fingerprint density at radius 3 is 1.37 bits per heavy atom. The lowest BCUT2D eigenvalue weighted by Crippen LogP contribution is -2.29. The number of furan rings is 1. The molecule has 2 aliphatic carbocycles. The van der Waals surface area contributed by atoms with Crippen LogP contribution in [0.3, 0.4) is 0 Å². The minimum Gasteiger partial charge on any atom is -0.493 e. The number of aryl methyl sites for hydroxylation is 4. The van der Waals surface area contributed by atoms with Crippen LogP contribution in [0.2, 0.25) is 0 Å². The van der Waals surface area contributed by atoms with Gasteiger partial charge in [-0.2, -0.15) is 36.6 Å². The molecule has 700 valence electrons. The fourth-order valence-corrected chi connectivity index (χ4v) is 14.3. The molecular weight excluding hydrogens is 1750 g/mol. The smallest absolute Gasteiger partial charge is 0.410 e. The highest BCUT2D eigenvalue weighted by atomic mass is 32.1. The Morgan fingerprint density at radius 2 is 0.902 bits per heavy atom. The van der Waals surface area contributed by atoms with E-state index in [2.05, 4.69) is 41.2 Å². The molecule has 3 fully saturated rings. The molecule has 1 saturated heterocycles. The van der Waals surface area contributed by atoms with Crippen molar-refractivity contribution in [2.45, 2.75) is 129 Å². The van der Waals surface area contributed by atoms with Crippen LogP contribution in [0, 0.1) is 5.92 Å². The molecule has 3 aliphatic rings. The fraction of sp³-hybridized carbons (Fsp3) is 0.319. The molecule has 3 N–H and O–H groups in total. The number of carboxylic acids is 3. The van der Waals surface area contributed by atoms with Gasteiger partial charge in [0.2, 0.25) is 0 Å². The molecule has 6 heterocycles. The second-order valence-electron chi connectivity index (χ2n) is 30.7. The zero-order valence-electron chi connectivity index (χ0n) is 74.4. The Bertz CT molecular complexity index is 5780. The molecule has 1 unspecified atom stereocenters. The first-order valence-corrected chi connectivity index (χ1v) is 42.0. The molecule has 5 aromatic heterocycles. The van der Waals surface area contributed by atoms with Crippen LogP contribution in [0.5, 0.6) is 23.2 Å². The molecule has 12 aromatic rings. The molecule has 133 heavy (non-hydrogen) atoms. The summed E-state index contributed by atoms with van der Waals surface area (Å²) < 4.78 is 57.0. The second kappa shape index (κ2) is 51.3. The van der Waals surface area contributed by atoms with Crippen molar-refractivity contribution >= 4 is 75.4 Å². The van der Waals surface area contributed by atoms with Crippen LogP contribution < -0.4 is 18.9 Å². The minimum atomic E-state index is -1.09. The Morgan fingerprint density at radius 1 is 0.481 bits per heavy atom. The first kappa shape index (κ1) is 102. The highest BCUT2D eigenvalue weighted by molar-refractivity contribution is 7.59. The number of carbonyl (C=O) groups is 7. The molecule has 2 saturated carbocycles. The van der Waals surface area contributed by atoms with E-state index in [0.717, 1.165) is 94.1 Å². The van der Waals surface area contributed by atoms with Crippen LogP contribution in [0.15, 0.2) is 223 Å². The summed E-state index contributed by atoms with van der Waals surface area (Å²) in [6, 6.07) is 64.2. The van der Waals surface area contributed by atoms with Crippen LogP contribution in [0.25, 0.3) is 45.2 Å². The molecule has 15 rings (SSSR count). The van der Waals surface area contributed by atoms with E-state index in [0.29, 0.717) is 109 Å². The molecule has 1 aliphatic heterocycles. The van der Waals surface area contributed by atoms with E-state index in [-0.39, 0.29) is 78.2 Å². The maximum atomic E-state index is 12.5. The van der Waals surface area contributed by atoms with Gasteiger partial charge in [-0.1, -0.05) is 149 Å². The monoisotopic (exact) mass is 1860 g/mol. The van der Waals surface area contributed by atoms with E-state index in [9.17, 15) is 38.7 Å². The molecule has 7 aromatic carbocycles.